The fraction of sp³-hybridized carbons (Fsp3) is 0.833. The number of hydrogen-bond donors (Lipinski definition) is 0. The molecule has 0 spiro atoms. The van der Waals surface area contributed by atoms with Crippen LogP contribution in [0.4, 0.5) is 0 Å². The van der Waals surface area contributed by atoms with Crippen molar-refractivity contribution in [2.24, 2.45) is 11.8 Å². The predicted octanol–water partition coefficient (Wildman–Crippen LogP) is 4.11. The summed E-state index contributed by atoms with van der Waals surface area (Å²) in [6, 6.07) is 0. The van der Waals surface area contributed by atoms with E-state index in [0.717, 1.165) is 11.8 Å². The van der Waals surface area contributed by atoms with Crippen molar-refractivity contribution in [3.05, 3.63) is 0 Å². The molecular formula is C12H24. The van der Waals surface area contributed by atoms with Gasteiger partial charge in [0.05, 0.1) is 0 Å². The van der Waals surface area contributed by atoms with Gasteiger partial charge in [-0.2, -0.15) is 0 Å². The van der Waals surface area contributed by atoms with Gasteiger partial charge in [-0.05, 0) is 11.8 Å². The molecule has 0 radical (unpaired) electrons. The quantitative estimate of drug-likeness (QED) is 0.477. The third kappa shape index (κ3) is 16.3. The number of terminal acetylenes is 1. The monoisotopic (exact) mass is 168 g/mol. The van der Waals surface area contributed by atoms with Crippen molar-refractivity contribution >= 4 is 0 Å². The van der Waals surface area contributed by atoms with Crippen LogP contribution < -0.4 is 0 Å². The zero-order valence-electron chi connectivity index (χ0n) is 9.14. The van der Waals surface area contributed by atoms with Gasteiger partial charge >= 0.3 is 0 Å². The lowest BCUT2D eigenvalue weighted by molar-refractivity contribution is 0.612. The fourth-order valence-corrected chi connectivity index (χ4v) is 1.13. The van der Waals surface area contributed by atoms with Crippen LogP contribution in [-0.4, -0.2) is 0 Å². The molecular weight excluding hydrogens is 144 g/mol. The van der Waals surface area contributed by atoms with Gasteiger partial charge in [0.1, 0.15) is 0 Å². The van der Waals surface area contributed by atoms with E-state index in [4.69, 9.17) is 0 Å². The molecule has 1 saturated carbocycles. The lowest BCUT2D eigenvalue weighted by Gasteiger charge is -1.91. The van der Waals surface area contributed by atoms with E-state index in [1.807, 2.05) is 0 Å². The van der Waals surface area contributed by atoms with E-state index in [0.29, 0.717) is 0 Å². The van der Waals surface area contributed by atoms with Crippen LogP contribution in [0.2, 0.25) is 0 Å². The molecule has 0 aromatic heterocycles. The molecule has 1 aliphatic carbocycles. The Labute approximate surface area is 78.8 Å². The normalized spacial score (nSPS) is 15.9. The second-order valence-electron chi connectivity index (χ2n) is 4.12. The molecule has 0 aliphatic heterocycles. The standard InChI is InChI=1S/C6H12.C4H10.C2H2/c1-6-4-2-3-5-6;1-4(2)3;1-2/h6H,2-5H2,1H3;4H,1-3H3;1-2H. The molecule has 0 bridgehead atoms. The minimum atomic E-state index is 0.833. The highest BCUT2D eigenvalue weighted by atomic mass is 14.1. The maximum absolute atomic E-state index is 4.00. The fourth-order valence-electron chi connectivity index (χ4n) is 1.13. The van der Waals surface area contributed by atoms with E-state index in [9.17, 15) is 0 Å². The Kier molecular flexibility index (Phi) is 12.4. The summed E-state index contributed by atoms with van der Waals surface area (Å²) < 4.78 is 0. The number of rotatable bonds is 0. The summed E-state index contributed by atoms with van der Waals surface area (Å²) in [7, 11) is 0. The Morgan fingerprint density at radius 2 is 1.25 bits per heavy atom. The molecule has 0 N–H and O–H groups in total. The highest BCUT2D eigenvalue weighted by Crippen LogP contribution is 2.22. The van der Waals surface area contributed by atoms with Crippen molar-refractivity contribution in [1.82, 2.24) is 0 Å². The zero-order valence-corrected chi connectivity index (χ0v) is 9.14. The van der Waals surface area contributed by atoms with Crippen LogP contribution in [0, 0.1) is 24.7 Å². The van der Waals surface area contributed by atoms with Crippen molar-refractivity contribution in [2.75, 3.05) is 0 Å². The predicted molar refractivity (Wildman–Crippen MR) is 58.0 cm³/mol. The van der Waals surface area contributed by atoms with Crippen LogP contribution in [0.15, 0.2) is 0 Å². The molecule has 12 heavy (non-hydrogen) atoms. The van der Waals surface area contributed by atoms with Crippen molar-refractivity contribution in [3.63, 3.8) is 0 Å². The minimum absolute atomic E-state index is 0.833. The van der Waals surface area contributed by atoms with Crippen LogP contribution in [0.25, 0.3) is 0 Å². The minimum Gasteiger partial charge on any atom is -0.124 e. The second kappa shape index (κ2) is 10.6. The van der Waals surface area contributed by atoms with E-state index in [1.54, 1.807) is 0 Å². The summed E-state index contributed by atoms with van der Waals surface area (Å²) >= 11 is 0. The Morgan fingerprint density at radius 1 is 1.00 bits per heavy atom. The first-order valence-corrected chi connectivity index (χ1v) is 4.96. The highest BCUT2D eigenvalue weighted by molar-refractivity contribution is 4.60. The van der Waals surface area contributed by atoms with Gasteiger partial charge in [-0.25, -0.2) is 0 Å². The first kappa shape index (κ1) is 14.1. The molecule has 1 aliphatic rings. The van der Waals surface area contributed by atoms with E-state index in [1.165, 1.54) is 25.7 Å². The first-order valence-electron chi connectivity index (χ1n) is 4.96. The van der Waals surface area contributed by atoms with Crippen LogP contribution in [0.5, 0.6) is 0 Å². The first-order chi connectivity index (χ1) is 5.63. The summed E-state index contributed by atoms with van der Waals surface area (Å²) in [5.41, 5.74) is 0. The molecule has 0 nitrogen and oxygen atoms in total. The highest BCUT2D eigenvalue weighted by Gasteiger charge is 2.07. The Balaban J connectivity index is 0. The Morgan fingerprint density at radius 3 is 1.33 bits per heavy atom. The summed E-state index contributed by atoms with van der Waals surface area (Å²) in [4.78, 5) is 0. The number of hydrogen-bond acceptors (Lipinski definition) is 0. The third-order valence-electron chi connectivity index (χ3n) is 1.64. The van der Waals surface area contributed by atoms with Gasteiger partial charge in [-0.1, -0.05) is 53.4 Å². The molecule has 72 valence electrons. The second-order valence-corrected chi connectivity index (χ2v) is 4.12. The van der Waals surface area contributed by atoms with Crippen molar-refractivity contribution < 1.29 is 0 Å². The van der Waals surface area contributed by atoms with Crippen molar-refractivity contribution in [3.8, 4) is 12.8 Å². The van der Waals surface area contributed by atoms with Gasteiger partial charge in [-0.3, -0.25) is 0 Å². The van der Waals surface area contributed by atoms with Gasteiger partial charge in [0.15, 0.2) is 0 Å². The smallest absolute Gasteiger partial charge is 0.0443 e. The molecule has 0 unspecified atom stereocenters. The summed E-state index contributed by atoms with van der Waals surface area (Å²) in [5, 5.41) is 0. The zero-order chi connectivity index (χ0) is 9.98. The topological polar surface area (TPSA) is 0 Å². The molecule has 0 aromatic rings. The molecule has 0 aromatic carbocycles. The largest absolute Gasteiger partial charge is 0.124 e. The Hall–Kier alpha value is -0.440. The molecule has 0 heterocycles. The van der Waals surface area contributed by atoms with Gasteiger partial charge in [0.2, 0.25) is 0 Å². The van der Waals surface area contributed by atoms with Gasteiger partial charge in [0, 0.05) is 0 Å². The summed E-state index contributed by atoms with van der Waals surface area (Å²) in [6.45, 7) is 8.84. The van der Waals surface area contributed by atoms with Gasteiger partial charge < -0.3 is 0 Å². The van der Waals surface area contributed by atoms with Crippen LogP contribution >= 0.6 is 0 Å². The summed E-state index contributed by atoms with van der Waals surface area (Å²) in [5.74, 6) is 1.88. The Bertz CT molecular complexity index is 80.7. The van der Waals surface area contributed by atoms with E-state index in [-0.39, 0.29) is 0 Å². The van der Waals surface area contributed by atoms with E-state index < -0.39 is 0 Å². The van der Waals surface area contributed by atoms with E-state index in [2.05, 4.69) is 40.5 Å². The maximum Gasteiger partial charge on any atom is -0.0443 e. The molecule has 0 saturated heterocycles. The molecule has 1 fully saturated rings. The molecule has 0 heteroatoms. The lowest BCUT2D eigenvalue weighted by atomic mass is 10.2. The van der Waals surface area contributed by atoms with Crippen LogP contribution in [-0.2, 0) is 0 Å². The average Bonchev–Trinajstić information content (AvgIpc) is 2.43. The van der Waals surface area contributed by atoms with Crippen LogP contribution in [0.3, 0.4) is 0 Å². The lowest BCUT2D eigenvalue weighted by Crippen LogP contribution is -1.78. The molecule has 0 atom stereocenters. The average molecular weight is 168 g/mol. The van der Waals surface area contributed by atoms with Crippen molar-refractivity contribution in [1.29, 1.82) is 0 Å². The third-order valence-corrected chi connectivity index (χ3v) is 1.64. The van der Waals surface area contributed by atoms with Crippen molar-refractivity contribution in [2.45, 2.75) is 53.4 Å². The summed E-state index contributed by atoms with van der Waals surface area (Å²) in [6.07, 6.45) is 13.9. The molecule has 0 amide bonds. The SMILES string of the molecule is C#C.CC(C)C.CC1CCCC1. The van der Waals surface area contributed by atoms with E-state index >= 15 is 0 Å². The maximum atomic E-state index is 4.00. The van der Waals surface area contributed by atoms with Gasteiger partial charge in [-0.15, -0.1) is 12.8 Å². The van der Waals surface area contributed by atoms with Gasteiger partial charge in [0.25, 0.3) is 0 Å². The molecule has 1 rings (SSSR count). The van der Waals surface area contributed by atoms with Crippen LogP contribution in [0.1, 0.15) is 53.4 Å².